The van der Waals surface area contributed by atoms with E-state index in [-0.39, 0.29) is 5.82 Å². The fourth-order valence-electron chi connectivity index (χ4n) is 1.96. The van der Waals surface area contributed by atoms with Crippen molar-refractivity contribution >= 4 is 38.8 Å². The monoisotopic (exact) mass is 352 g/mol. The minimum atomic E-state index is -0.214. The number of nitrogens with two attached hydrogens (primary N) is 1. The van der Waals surface area contributed by atoms with Crippen LogP contribution in [-0.4, -0.2) is 11.5 Å². The molecule has 0 saturated carbocycles. The van der Waals surface area contributed by atoms with E-state index in [9.17, 15) is 4.39 Å². The maximum Gasteiger partial charge on any atom is 0.123 e. The summed E-state index contributed by atoms with van der Waals surface area (Å²) in [5.41, 5.74) is 8.35. The Morgan fingerprint density at radius 3 is 2.70 bits per heavy atom. The summed E-state index contributed by atoms with van der Waals surface area (Å²) in [7, 11) is 0. The molecule has 3 N–H and O–H groups in total. The first-order valence-corrected chi connectivity index (χ1v) is 7.34. The number of nitrogens with one attached hydrogen (secondary N) is 1. The fraction of sp³-hybridized carbons (Fsp3) is 0.133. The second kappa shape index (κ2) is 6.81. The second-order valence-electron chi connectivity index (χ2n) is 4.33. The predicted octanol–water partition coefficient (Wildman–Crippen LogP) is 3.88. The lowest BCUT2D eigenvalue weighted by Crippen LogP contribution is -2.15. The van der Waals surface area contributed by atoms with Crippen LogP contribution in [0.5, 0.6) is 0 Å². The van der Waals surface area contributed by atoms with E-state index in [4.69, 9.17) is 18.0 Å². The Morgan fingerprint density at radius 2 is 2.00 bits per heavy atom. The molecule has 0 fully saturated rings. The standard InChI is InChI=1S/C15H14BrFN2S/c16-12-5-2-6-13(14(12)15(18)20)19-8-7-10-3-1-4-11(17)9-10/h1-6,9,19H,7-8H2,(H2,18,20). The average Bonchev–Trinajstić information content (AvgIpc) is 2.38. The highest BCUT2D eigenvalue weighted by molar-refractivity contribution is 9.10. The van der Waals surface area contributed by atoms with E-state index < -0.39 is 0 Å². The lowest BCUT2D eigenvalue weighted by molar-refractivity contribution is 0.625. The summed E-state index contributed by atoms with van der Waals surface area (Å²) >= 11 is 8.49. The van der Waals surface area contributed by atoms with Gasteiger partial charge < -0.3 is 11.1 Å². The molecule has 0 unspecified atom stereocenters. The van der Waals surface area contributed by atoms with E-state index in [1.807, 2.05) is 24.3 Å². The van der Waals surface area contributed by atoms with Crippen molar-refractivity contribution in [3.63, 3.8) is 0 Å². The molecular weight excluding hydrogens is 339 g/mol. The van der Waals surface area contributed by atoms with Gasteiger partial charge in [-0.05, 0) is 52.2 Å². The molecule has 0 amide bonds. The largest absolute Gasteiger partial charge is 0.389 e. The van der Waals surface area contributed by atoms with Crippen molar-refractivity contribution in [3.05, 3.63) is 63.9 Å². The van der Waals surface area contributed by atoms with E-state index in [0.717, 1.165) is 27.7 Å². The quantitative estimate of drug-likeness (QED) is 0.802. The molecule has 0 radical (unpaired) electrons. The molecule has 2 aromatic rings. The number of hydrogen-bond donors (Lipinski definition) is 2. The molecule has 0 aliphatic rings. The predicted molar refractivity (Wildman–Crippen MR) is 88.6 cm³/mol. The van der Waals surface area contributed by atoms with Gasteiger partial charge in [0.1, 0.15) is 10.8 Å². The third-order valence-electron chi connectivity index (χ3n) is 2.88. The van der Waals surface area contributed by atoms with Crippen LogP contribution >= 0.6 is 28.1 Å². The molecule has 104 valence electrons. The van der Waals surface area contributed by atoms with E-state index in [1.54, 1.807) is 6.07 Å². The highest BCUT2D eigenvalue weighted by Gasteiger charge is 2.08. The maximum absolute atomic E-state index is 13.1. The van der Waals surface area contributed by atoms with Crippen LogP contribution in [0.4, 0.5) is 10.1 Å². The molecular formula is C15H14BrFN2S. The van der Waals surface area contributed by atoms with Crippen molar-refractivity contribution < 1.29 is 4.39 Å². The van der Waals surface area contributed by atoms with Crippen LogP contribution in [-0.2, 0) is 6.42 Å². The minimum absolute atomic E-state index is 0.214. The van der Waals surface area contributed by atoms with Gasteiger partial charge in [0.25, 0.3) is 0 Å². The van der Waals surface area contributed by atoms with Crippen molar-refractivity contribution in [2.45, 2.75) is 6.42 Å². The number of rotatable bonds is 5. The molecule has 0 heterocycles. The van der Waals surface area contributed by atoms with Gasteiger partial charge in [-0.15, -0.1) is 0 Å². The molecule has 2 rings (SSSR count). The zero-order chi connectivity index (χ0) is 14.5. The average molecular weight is 353 g/mol. The van der Waals surface area contributed by atoms with Crippen LogP contribution in [0.3, 0.4) is 0 Å². The van der Waals surface area contributed by atoms with Crippen LogP contribution in [0, 0.1) is 5.82 Å². The van der Waals surface area contributed by atoms with Crippen molar-refractivity contribution in [2.24, 2.45) is 5.73 Å². The summed E-state index contributed by atoms with van der Waals surface area (Å²) in [5, 5.41) is 3.28. The third-order valence-corrected chi connectivity index (χ3v) is 3.74. The molecule has 20 heavy (non-hydrogen) atoms. The Kier molecular flexibility index (Phi) is 5.09. The first-order chi connectivity index (χ1) is 9.58. The van der Waals surface area contributed by atoms with Crippen LogP contribution in [0.25, 0.3) is 0 Å². The maximum atomic E-state index is 13.1. The Hall–Kier alpha value is -1.46. The molecule has 0 spiro atoms. The molecule has 0 aliphatic heterocycles. The molecule has 0 bridgehead atoms. The number of halogens is 2. The lowest BCUT2D eigenvalue weighted by atomic mass is 10.1. The van der Waals surface area contributed by atoms with Gasteiger partial charge in [0, 0.05) is 22.3 Å². The van der Waals surface area contributed by atoms with Gasteiger partial charge in [0.15, 0.2) is 0 Å². The molecule has 5 heteroatoms. The van der Waals surface area contributed by atoms with Gasteiger partial charge in [0.05, 0.1) is 0 Å². The summed E-state index contributed by atoms with van der Waals surface area (Å²) in [5.74, 6) is -0.214. The van der Waals surface area contributed by atoms with E-state index in [2.05, 4.69) is 21.2 Å². The zero-order valence-electron chi connectivity index (χ0n) is 10.7. The number of hydrogen-bond acceptors (Lipinski definition) is 2. The van der Waals surface area contributed by atoms with Gasteiger partial charge in [0.2, 0.25) is 0 Å². The molecule has 2 aromatic carbocycles. The topological polar surface area (TPSA) is 38.0 Å². The first-order valence-electron chi connectivity index (χ1n) is 6.14. The van der Waals surface area contributed by atoms with Gasteiger partial charge >= 0.3 is 0 Å². The normalized spacial score (nSPS) is 10.3. The number of thiocarbonyl (C=S) groups is 1. The minimum Gasteiger partial charge on any atom is -0.389 e. The van der Waals surface area contributed by atoms with Crippen LogP contribution in [0.2, 0.25) is 0 Å². The van der Waals surface area contributed by atoms with Crippen molar-refractivity contribution in [2.75, 3.05) is 11.9 Å². The zero-order valence-corrected chi connectivity index (χ0v) is 13.1. The summed E-state index contributed by atoms with van der Waals surface area (Å²) in [6.07, 6.45) is 0.723. The van der Waals surface area contributed by atoms with Crippen LogP contribution in [0.15, 0.2) is 46.9 Å². The Balaban J connectivity index is 2.05. The van der Waals surface area contributed by atoms with Gasteiger partial charge in [-0.3, -0.25) is 0 Å². The van der Waals surface area contributed by atoms with E-state index in [1.165, 1.54) is 12.1 Å². The lowest BCUT2D eigenvalue weighted by Gasteiger charge is -2.12. The van der Waals surface area contributed by atoms with Crippen LogP contribution in [0.1, 0.15) is 11.1 Å². The smallest absolute Gasteiger partial charge is 0.123 e. The highest BCUT2D eigenvalue weighted by atomic mass is 79.9. The van der Waals surface area contributed by atoms with Crippen LogP contribution < -0.4 is 11.1 Å². The van der Waals surface area contributed by atoms with E-state index >= 15 is 0 Å². The second-order valence-corrected chi connectivity index (χ2v) is 5.63. The molecule has 0 atom stereocenters. The Morgan fingerprint density at radius 1 is 1.25 bits per heavy atom. The van der Waals surface area contributed by atoms with Crippen molar-refractivity contribution in [3.8, 4) is 0 Å². The highest BCUT2D eigenvalue weighted by Crippen LogP contribution is 2.24. The van der Waals surface area contributed by atoms with Gasteiger partial charge in [-0.25, -0.2) is 4.39 Å². The van der Waals surface area contributed by atoms with Crippen molar-refractivity contribution in [1.29, 1.82) is 0 Å². The summed E-state index contributed by atoms with van der Waals surface area (Å²) < 4.78 is 13.9. The summed E-state index contributed by atoms with van der Waals surface area (Å²) in [4.78, 5) is 0.339. The molecule has 0 aromatic heterocycles. The SMILES string of the molecule is NC(=S)c1c(Br)cccc1NCCc1cccc(F)c1. The Labute approximate surface area is 131 Å². The molecule has 0 saturated heterocycles. The van der Waals surface area contributed by atoms with Gasteiger partial charge in [-0.2, -0.15) is 0 Å². The molecule has 2 nitrogen and oxygen atoms in total. The van der Waals surface area contributed by atoms with Gasteiger partial charge in [-0.1, -0.05) is 30.4 Å². The Bertz CT molecular complexity index is 631. The molecule has 0 aliphatic carbocycles. The summed E-state index contributed by atoms with van der Waals surface area (Å²) in [6, 6.07) is 12.3. The first kappa shape index (κ1) is 14.9. The van der Waals surface area contributed by atoms with Crippen molar-refractivity contribution in [1.82, 2.24) is 0 Å². The fourth-order valence-corrected chi connectivity index (χ4v) is 2.89. The van der Waals surface area contributed by atoms with E-state index in [0.29, 0.717) is 11.5 Å². The number of anilines is 1. The summed E-state index contributed by atoms with van der Waals surface area (Å²) in [6.45, 7) is 0.676. The number of benzene rings is 2. The third kappa shape index (κ3) is 3.77.